The number of esters is 1. The van der Waals surface area contributed by atoms with Crippen LogP contribution in [0.25, 0.3) is 17.2 Å². The number of amides is 2. The van der Waals surface area contributed by atoms with Crippen molar-refractivity contribution in [1.29, 1.82) is 5.41 Å². The second-order valence-corrected chi connectivity index (χ2v) is 10.1. The fourth-order valence-electron chi connectivity index (χ4n) is 4.30. The summed E-state index contributed by atoms with van der Waals surface area (Å²) in [5.41, 5.74) is 7.48. The number of aromatic nitrogens is 1. The van der Waals surface area contributed by atoms with E-state index in [1.807, 2.05) is 0 Å². The van der Waals surface area contributed by atoms with E-state index in [1.165, 1.54) is 32.2 Å². The normalized spacial score (nSPS) is 13.0. The van der Waals surface area contributed by atoms with Crippen molar-refractivity contribution in [2.24, 2.45) is 11.7 Å². The third kappa shape index (κ3) is 8.06. The Morgan fingerprint density at radius 2 is 1.84 bits per heavy atom. The summed E-state index contributed by atoms with van der Waals surface area (Å²) >= 11 is 0. The van der Waals surface area contributed by atoms with Gasteiger partial charge in [-0.25, -0.2) is 9.78 Å². The minimum Gasteiger partial charge on any atom is -0.496 e. The summed E-state index contributed by atoms with van der Waals surface area (Å²) in [6.45, 7) is 5.49. The van der Waals surface area contributed by atoms with Crippen LogP contribution in [0.4, 0.5) is 5.69 Å². The molecule has 0 bridgehead atoms. The summed E-state index contributed by atoms with van der Waals surface area (Å²) < 4.78 is 15.9. The molecule has 0 radical (unpaired) electrons. The Hall–Kier alpha value is -5.07. The number of nitrogens with one attached hydrogen (secondary N) is 3. The first-order valence-electron chi connectivity index (χ1n) is 14.0. The number of pyridine rings is 1. The first kappa shape index (κ1) is 31.9. The van der Waals surface area contributed by atoms with Crippen molar-refractivity contribution in [2.45, 2.75) is 26.1 Å². The number of methoxy groups -OCH3 is 1. The second kappa shape index (κ2) is 14.4. The zero-order chi connectivity index (χ0) is 31.8. The van der Waals surface area contributed by atoms with Crippen LogP contribution in [0.15, 0.2) is 55.1 Å². The number of anilines is 1. The predicted molar refractivity (Wildman–Crippen MR) is 165 cm³/mol. The molecule has 0 saturated heterocycles. The van der Waals surface area contributed by atoms with Gasteiger partial charge < -0.3 is 35.7 Å². The fourth-order valence-corrected chi connectivity index (χ4v) is 4.30. The molecular weight excluding hydrogens is 566 g/mol. The number of nitrogen functional groups attached to an aromatic ring is 1. The van der Waals surface area contributed by atoms with Gasteiger partial charge in [0.15, 0.2) is 12.0 Å². The summed E-state index contributed by atoms with van der Waals surface area (Å²) in [5, 5.41) is 22.6. The molecule has 6 N–H and O–H groups in total. The third-order valence-electron chi connectivity index (χ3n) is 6.82. The first-order chi connectivity index (χ1) is 21.1. The highest BCUT2D eigenvalue weighted by molar-refractivity contribution is 6.11. The van der Waals surface area contributed by atoms with E-state index in [-0.39, 0.29) is 47.1 Å². The minimum absolute atomic E-state index is 0.00724. The monoisotopic (exact) mass is 601 g/mol. The number of hydrogen-bond donors (Lipinski definition) is 5. The quantitative estimate of drug-likeness (QED) is 0.0605. The first-order valence-corrected chi connectivity index (χ1v) is 14.0. The average Bonchev–Trinajstić information content (AvgIpc) is 3.85. The van der Waals surface area contributed by atoms with Crippen LogP contribution < -0.4 is 21.1 Å². The molecule has 12 heteroatoms. The van der Waals surface area contributed by atoms with Crippen LogP contribution in [0.1, 0.15) is 62.2 Å². The highest BCUT2D eigenvalue weighted by Crippen LogP contribution is 2.35. The maximum atomic E-state index is 13.7. The van der Waals surface area contributed by atoms with Crippen molar-refractivity contribution >= 4 is 35.4 Å². The summed E-state index contributed by atoms with van der Waals surface area (Å²) in [6, 6.07) is 12.6. The van der Waals surface area contributed by atoms with E-state index < -0.39 is 24.1 Å². The van der Waals surface area contributed by atoms with Gasteiger partial charge in [0.05, 0.1) is 13.7 Å². The highest BCUT2D eigenvalue weighted by Gasteiger charge is 2.26. The van der Waals surface area contributed by atoms with Crippen LogP contribution in [0.3, 0.4) is 0 Å². The molecule has 1 aromatic heterocycles. The zero-order valence-corrected chi connectivity index (χ0v) is 24.5. The Morgan fingerprint density at radius 3 is 2.45 bits per heavy atom. The molecule has 1 unspecified atom stereocenters. The van der Waals surface area contributed by atoms with Gasteiger partial charge in [0, 0.05) is 40.0 Å². The van der Waals surface area contributed by atoms with Crippen LogP contribution in [-0.4, -0.2) is 66.9 Å². The zero-order valence-electron chi connectivity index (χ0n) is 24.5. The molecule has 2 amide bonds. The number of carbonyl (C=O) groups is 3. The Morgan fingerprint density at radius 1 is 1.11 bits per heavy atom. The summed E-state index contributed by atoms with van der Waals surface area (Å²) in [4.78, 5) is 44.3. The maximum Gasteiger partial charge on any atom is 0.357 e. The van der Waals surface area contributed by atoms with Crippen molar-refractivity contribution in [2.75, 3.05) is 32.2 Å². The summed E-state index contributed by atoms with van der Waals surface area (Å²) in [7, 11) is 1.46. The molecule has 0 aliphatic heterocycles. The lowest BCUT2D eigenvalue weighted by Crippen LogP contribution is -2.27. The third-order valence-corrected chi connectivity index (χ3v) is 6.82. The van der Waals surface area contributed by atoms with E-state index in [4.69, 9.17) is 25.4 Å². The van der Waals surface area contributed by atoms with Gasteiger partial charge in [0.25, 0.3) is 11.8 Å². The Balaban J connectivity index is 1.76. The number of ether oxygens (including phenoxy) is 3. The summed E-state index contributed by atoms with van der Waals surface area (Å²) in [5.74, 6) is -1.10. The van der Waals surface area contributed by atoms with Gasteiger partial charge in [0.1, 0.15) is 23.9 Å². The SMILES string of the molecule is C=Cc1cc(C(=O)Nc2ccc(C(=N)N)cc2)c(-c2ccc(C(=O)NCC3CC3)nc2C(=O)OCCOC(C)O)cc1OC. The van der Waals surface area contributed by atoms with E-state index in [2.05, 4.69) is 22.2 Å². The molecule has 1 atom stereocenters. The number of benzene rings is 2. The van der Waals surface area contributed by atoms with Crippen LogP contribution in [0.5, 0.6) is 5.75 Å². The average molecular weight is 602 g/mol. The van der Waals surface area contributed by atoms with Gasteiger partial charge in [-0.05, 0) is 74.2 Å². The van der Waals surface area contributed by atoms with Crippen LogP contribution >= 0.6 is 0 Å². The largest absolute Gasteiger partial charge is 0.496 e. The molecule has 2 aromatic carbocycles. The van der Waals surface area contributed by atoms with Crippen molar-refractivity contribution in [1.82, 2.24) is 10.3 Å². The molecule has 1 saturated carbocycles. The van der Waals surface area contributed by atoms with Crippen LogP contribution in [0.2, 0.25) is 0 Å². The highest BCUT2D eigenvalue weighted by atomic mass is 16.6. The lowest BCUT2D eigenvalue weighted by molar-refractivity contribution is -0.0949. The lowest BCUT2D eigenvalue weighted by atomic mass is 9.94. The van der Waals surface area contributed by atoms with Gasteiger partial charge in [-0.15, -0.1) is 0 Å². The van der Waals surface area contributed by atoms with E-state index in [0.717, 1.165) is 12.8 Å². The topological polar surface area (TPSA) is 186 Å². The fraction of sp³-hybridized carbons (Fsp3) is 0.281. The number of aliphatic hydroxyl groups is 1. The number of amidine groups is 1. The molecule has 3 aromatic rings. The van der Waals surface area contributed by atoms with Gasteiger partial charge in [-0.2, -0.15) is 0 Å². The van der Waals surface area contributed by atoms with Crippen LogP contribution in [0, 0.1) is 11.3 Å². The molecule has 12 nitrogen and oxygen atoms in total. The second-order valence-electron chi connectivity index (χ2n) is 10.1. The minimum atomic E-state index is -1.04. The Bertz CT molecular complexity index is 1570. The molecule has 230 valence electrons. The number of nitrogens with two attached hydrogens (primary N) is 1. The van der Waals surface area contributed by atoms with E-state index in [1.54, 1.807) is 36.4 Å². The molecule has 1 fully saturated rings. The lowest BCUT2D eigenvalue weighted by Gasteiger charge is -2.17. The Labute approximate surface area is 254 Å². The van der Waals surface area contributed by atoms with Gasteiger partial charge >= 0.3 is 5.97 Å². The van der Waals surface area contributed by atoms with Crippen LogP contribution in [-0.2, 0) is 9.47 Å². The van der Waals surface area contributed by atoms with Gasteiger partial charge in [-0.3, -0.25) is 15.0 Å². The number of rotatable bonds is 14. The van der Waals surface area contributed by atoms with E-state index in [9.17, 15) is 19.5 Å². The molecule has 1 aliphatic rings. The van der Waals surface area contributed by atoms with E-state index >= 15 is 0 Å². The van der Waals surface area contributed by atoms with Crippen molar-refractivity contribution < 1.29 is 33.7 Å². The van der Waals surface area contributed by atoms with Crippen molar-refractivity contribution in [3.05, 3.63) is 83.2 Å². The summed E-state index contributed by atoms with van der Waals surface area (Å²) in [6.07, 6.45) is 2.58. The van der Waals surface area contributed by atoms with Crippen molar-refractivity contribution in [3.63, 3.8) is 0 Å². The molecule has 1 heterocycles. The number of aliphatic hydroxyl groups excluding tert-OH is 1. The standard InChI is InChI=1S/C32H35N5O7/c1-4-20-15-25(30(39)36-22-9-7-21(8-10-22)29(33)34)24(16-27(20)42-3)23-11-12-26(31(40)35-17-19-5-6-19)37-28(23)32(41)44-14-13-43-18(2)38/h4,7-12,15-16,18-19,38H,1,5-6,13-14,17H2,2-3H3,(H3,33,34)(H,35,40)(H,36,39). The number of hydrogen-bond acceptors (Lipinski definition) is 9. The van der Waals surface area contributed by atoms with E-state index in [0.29, 0.717) is 35.0 Å². The molecular formula is C32H35N5O7. The predicted octanol–water partition coefficient (Wildman–Crippen LogP) is 3.59. The Kier molecular flexibility index (Phi) is 10.4. The van der Waals surface area contributed by atoms with Gasteiger partial charge in [0.2, 0.25) is 0 Å². The molecule has 0 spiro atoms. The number of carbonyl (C=O) groups excluding carboxylic acids is 3. The van der Waals surface area contributed by atoms with Gasteiger partial charge in [-0.1, -0.05) is 12.7 Å². The molecule has 1 aliphatic carbocycles. The molecule has 4 rings (SSSR count). The maximum absolute atomic E-state index is 13.7. The van der Waals surface area contributed by atoms with Crippen molar-refractivity contribution in [3.8, 4) is 16.9 Å². The number of nitrogens with zero attached hydrogens (tertiary/aromatic N) is 1. The smallest absolute Gasteiger partial charge is 0.357 e. The molecule has 44 heavy (non-hydrogen) atoms.